The average Bonchev–Trinajstić information content (AvgIpc) is 3.34. The van der Waals surface area contributed by atoms with Crippen LogP contribution < -0.4 is 10.2 Å². The molecule has 0 unspecified atom stereocenters. The van der Waals surface area contributed by atoms with Gasteiger partial charge in [-0.25, -0.2) is 14.8 Å². The summed E-state index contributed by atoms with van der Waals surface area (Å²) in [6, 6.07) is 10.1. The van der Waals surface area contributed by atoms with Gasteiger partial charge in [0.05, 0.1) is 5.39 Å². The second kappa shape index (κ2) is 11.0. The number of nitrogens with one attached hydrogen (secondary N) is 1. The number of piperazine rings is 1. The Morgan fingerprint density at radius 2 is 1.81 bits per heavy atom. The molecule has 0 spiro atoms. The Morgan fingerprint density at radius 1 is 1.03 bits per heavy atom. The number of carbonyl (C=O) groups is 1. The van der Waals surface area contributed by atoms with Crippen LogP contribution in [0.4, 0.5) is 10.6 Å². The molecule has 2 fully saturated rings. The molecule has 1 aliphatic carbocycles. The molecule has 196 valence electrons. The van der Waals surface area contributed by atoms with E-state index in [1.165, 1.54) is 52.8 Å². The van der Waals surface area contributed by atoms with E-state index in [9.17, 15) is 4.79 Å². The summed E-state index contributed by atoms with van der Waals surface area (Å²) in [6.07, 6.45) is 7.38. The number of hydrogen-bond donors (Lipinski definition) is 1. The topological polar surface area (TPSA) is 64.6 Å². The second-order valence-corrected chi connectivity index (χ2v) is 11.7. The largest absolute Gasteiger partial charge is 0.352 e. The van der Waals surface area contributed by atoms with E-state index in [1.807, 2.05) is 46.6 Å². The number of hydrogen-bond acceptors (Lipinski definition) is 6. The molecule has 8 heteroatoms. The quantitative estimate of drug-likeness (QED) is 0.506. The molecule has 3 aromatic rings. The fourth-order valence-electron chi connectivity index (χ4n) is 6.09. The molecule has 0 bridgehead atoms. The Hall–Kier alpha value is -2.71. The average molecular weight is 519 g/mol. The van der Waals surface area contributed by atoms with Gasteiger partial charge in [-0.1, -0.05) is 56.5 Å². The van der Waals surface area contributed by atoms with Crippen LogP contribution in [0.25, 0.3) is 10.2 Å². The lowest BCUT2D eigenvalue weighted by molar-refractivity contribution is 0.194. The van der Waals surface area contributed by atoms with Gasteiger partial charge in [-0.15, -0.1) is 11.3 Å². The van der Waals surface area contributed by atoms with E-state index < -0.39 is 0 Å². The summed E-state index contributed by atoms with van der Waals surface area (Å²) in [7, 11) is 0. The van der Waals surface area contributed by atoms with E-state index in [2.05, 4.69) is 22.0 Å². The van der Waals surface area contributed by atoms with Gasteiger partial charge in [0, 0.05) is 56.6 Å². The Bertz CT molecular complexity index is 1230. The second-order valence-electron chi connectivity index (χ2n) is 10.7. The Labute approximate surface area is 223 Å². The number of aromatic nitrogens is 2. The molecule has 3 aliphatic rings. The van der Waals surface area contributed by atoms with Crippen LogP contribution in [0.1, 0.15) is 66.8 Å². The van der Waals surface area contributed by atoms with Crippen LogP contribution in [0.2, 0.25) is 0 Å². The maximum absolute atomic E-state index is 12.9. The number of fused-ring (bicyclic) bond motifs is 3. The fourth-order valence-corrected chi connectivity index (χ4v) is 7.36. The van der Waals surface area contributed by atoms with Gasteiger partial charge in [-0.2, -0.15) is 0 Å². The first-order chi connectivity index (χ1) is 18.2. The summed E-state index contributed by atoms with van der Waals surface area (Å²) in [6.45, 7) is 9.07. The number of nitrogens with zero attached hydrogens (tertiary/aromatic N) is 5. The molecule has 1 N–H and O–H groups in total. The van der Waals surface area contributed by atoms with E-state index in [0.29, 0.717) is 25.6 Å². The predicted octanol–water partition coefficient (Wildman–Crippen LogP) is 5.15. The smallest absolute Gasteiger partial charge is 0.317 e. The van der Waals surface area contributed by atoms with Crippen molar-refractivity contribution in [2.24, 2.45) is 0 Å². The normalized spacial score (nSPS) is 19.3. The SMILES string of the molecule is CCN1CCc2c(sc3nc(C4CCCCC4)nc(N4CCN(C(=O)NCc5ccccc5)CC4)c23)C1. The lowest BCUT2D eigenvalue weighted by Gasteiger charge is -2.36. The summed E-state index contributed by atoms with van der Waals surface area (Å²) in [5.41, 5.74) is 2.59. The molecule has 0 radical (unpaired) electrons. The molecule has 0 atom stereocenters. The fraction of sp³-hybridized carbons (Fsp3) is 0.552. The molecule has 2 aliphatic heterocycles. The summed E-state index contributed by atoms with van der Waals surface area (Å²) < 4.78 is 0. The first kappa shape index (κ1) is 24.6. The van der Waals surface area contributed by atoms with Crippen molar-refractivity contribution in [2.45, 2.75) is 64.5 Å². The van der Waals surface area contributed by atoms with Gasteiger partial charge in [0.1, 0.15) is 16.5 Å². The minimum absolute atomic E-state index is 0.0202. The van der Waals surface area contributed by atoms with Crippen LogP contribution in [0.3, 0.4) is 0 Å². The van der Waals surface area contributed by atoms with Gasteiger partial charge in [0.15, 0.2) is 0 Å². The van der Waals surface area contributed by atoms with Gasteiger partial charge in [0.25, 0.3) is 0 Å². The van der Waals surface area contributed by atoms with Crippen LogP contribution in [-0.4, -0.2) is 65.1 Å². The highest BCUT2D eigenvalue weighted by atomic mass is 32.1. The maximum atomic E-state index is 12.9. The first-order valence-corrected chi connectivity index (χ1v) is 14.9. The highest BCUT2D eigenvalue weighted by molar-refractivity contribution is 7.19. The van der Waals surface area contributed by atoms with Crippen molar-refractivity contribution in [3.05, 3.63) is 52.2 Å². The van der Waals surface area contributed by atoms with Crippen LogP contribution in [0.15, 0.2) is 30.3 Å². The predicted molar refractivity (Wildman–Crippen MR) is 150 cm³/mol. The van der Waals surface area contributed by atoms with Gasteiger partial charge in [-0.05, 0) is 36.9 Å². The molecule has 4 heterocycles. The van der Waals surface area contributed by atoms with E-state index in [0.717, 1.165) is 56.4 Å². The highest BCUT2D eigenvalue weighted by Gasteiger charge is 2.30. The minimum atomic E-state index is 0.0202. The number of likely N-dealkylation sites (N-methyl/N-ethyl adjacent to an activating group) is 1. The van der Waals surface area contributed by atoms with Gasteiger partial charge < -0.3 is 15.1 Å². The summed E-state index contributed by atoms with van der Waals surface area (Å²) in [5.74, 6) is 2.65. The van der Waals surface area contributed by atoms with Crippen molar-refractivity contribution in [3.63, 3.8) is 0 Å². The van der Waals surface area contributed by atoms with Crippen molar-refractivity contribution >= 4 is 33.4 Å². The summed E-state index contributed by atoms with van der Waals surface area (Å²) in [5, 5.41) is 4.38. The zero-order chi connectivity index (χ0) is 25.2. The van der Waals surface area contributed by atoms with Crippen molar-refractivity contribution in [1.82, 2.24) is 25.1 Å². The lowest BCUT2D eigenvalue weighted by Crippen LogP contribution is -2.52. The first-order valence-electron chi connectivity index (χ1n) is 14.1. The Balaban J connectivity index is 1.23. The molecule has 7 nitrogen and oxygen atoms in total. The van der Waals surface area contributed by atoms with Crippen LogP contribution >= 0.6 is 11.3 Å². The van der Waals surface area contributed by atoms with Crippen molar-refractivity contribution in [1.29, 1.82) is 0 Å². The van der Waals surface area contributed by atoms with Crippen LogP contribution in [-0.2, 0) is 19.5 Å². The Kier molecular flexibility index (Phi) is 7.29. The van der Waals surface area contributed by atoms with Crippen molar-refractivity contribution < 1.29 is 4.79 Å². The molecular formula is C29H38N6OS. The zero-order valence-corrected chi connectivity index (χ0v) is 22.7. The van der Waals surface area contributed by atoms with Gasteiger partial charge in [0.2, 0.25) is 0 Å². The number of rotatable bonds is 5. The standard InChI is InChI=1S/C29H38N6OS/c1-2-33-14-13-23-24(20-33)37-28-25(23)27(31-26(32-28)22-11-7-4-8-12-22)34-15-17-35(18-16-34)29(36)30-19-21-9-5-3-6-10-21/h3,5-6,9-10,22H,2,4,7-8,11-20H2,1H3,(H,30,36). The van der Waals surface area contributed by atoms with E-state index in [4.69, 9.17) is 9.97 Å². The van der Waals surface area contributed by atoms with Gasteiger partial charge in [-0.3, -0.25) is 4.90 Å². The van der Waals surface area contributed by atoms with Gasteiger partial charge >= 0.3 is 6.03 Å². The molecule has 1 aromatic carbocycles. The van der Waals surface area contributed by atoms with E-state index in [-0.39, 0.29) is 6.03 Å². The van der Waals surface area contributed by atoms with Crippen LogP contribution in [0.5, 0.6) is 0 Å². The molecule has 6 rings (SSSR count). The molecule has 1 saturated heterocycles. The highest BCUT2D eigenvalue weighted by Crippen LogP contribution is 2.41. The third-order valence-corrected chi connectivity index (χ3v) is 9.46. The van der Waals surface area contributed by atoms with Crippen LogP contribution in [0, 0.1) is 0 Å². The number of anilines is 1. The summed E-state index contributed by atoms with van der Waals surface area (Å²) in [4.78, 5) is 32.9. The monoisotopic (exact) mass is 518 g/mol. The maximum Gasteiger partial charge on any atom is 0.317 e. The van der Waals surface area contributed by atoms with E-state index >= 15 is 0 Å². The summed E-state index contributed by atoms with van der Waals surface area (Å²) >= 11 is 1.89. The molecule has 1 saturated carbocycles. The third kappa shape index (κ3) is 5.18. The molecular weight excluding hydrogens is 480 g/mol. The van der Waals surface area contributed by atoms with Crippen molar-refractivity contribution in [2.75, 3.05) is 44.2 Å². The Morgan fingerprint density at radius 3 is 2.57 bits per heavy atom. The molecule has 2 amide bonds. The number of urea groups is 1. The third-order valence-electron chi connectivity index (χ3n) is 8.35. The van der Waals surface area contributed by atoms with Crippen molar-refractivity contribution in [3.8, 4) is 0 Å². The zero-order valence-electron chi connectivity index (χ0n) is 21.9. The number of thiophene rings is 1. The number of benzene rings is 1. The molecule has 37 heavy (non-hydrogen) atoms. The number of carbonyl (C=O) groups excluding carboxylic acids is 1. The minimum Gasteiger partial charge on any atom is -0.352 e. The lowest BCUT2D eigenvalue weighted by atomic mass is 9.88. The van der Waals surface area contributed by atoms with E-state index in [1.54, 1.807) is 0 Å². The molecule has 2 aromatic heterocycles. The number of amides is 2.